The first-order valence-corrected chi connectivity index (χ1v) is 7.69. The van der Waals surface area contributed by atoms with E-state index in [4.69, 9.17) is 4.74 Å². The zero-order chi connectivity index (χ0) is 14.9. The van der Waals surface area contributed by atoms with Crippen LogP contribution in [0.2, 0.25) is 0 Å². The van der Waals surface area contributed by atoms with Gasteiger partial charge in [0.25, 0.3) is 0 Å². The quantitative estimate of drug-likeness (QED) is 0.872. The lowest BCUT2D eigenvalue weighted by atomic mass is 10.2. The maximum absolute atomic E-state index is 12.8. The van der Waals surface area contributed by atoms with Crippen LogP contribution in [-0.2, 0) is 9.84 Å². The van der Waals surface area contributed by atoms with E-state index in [1.54, 1.807) is 45.0 Å². The van der Waals surface area contributed by atoms with Gasteiger partial charge in [0, 0.05) is 5.69 Å². The number of pyridine rings is 1. The molecule has 0 aliphatic carbocycles. The molecule has 0 saturated carbocycles. The maximum atomic E-state index is 12.8. The number of sulfone groups is 1. The predicted molar refractivity (Wildman–Crippen MR) is 76.9 cm³/mol. The Labute approximate surface area is 119 Å². The summed E-state index contributed by atoms with van der Waals surface area (Å²) in [4.78, 5) is 4.60. The van der Waals surface area contributed by atoms with Crippen molar-refractivity contribution in [2.45, 2.75) is 30.6 Å². The minimum atomic E-state index is -3.65. The molecule has 0 aliphatic rings. The number of hydrogen-bond acceptors (Lipinski definition) is 4. The van der Waals surface area contributed by atoms with Crippen molar-refractivity contribution < 1.29 is 13.2 Å². The second-order valence-corrected chi connectivity index (χ2v) is 6.54. The number of hydrogen-bond donors (Lipinski definition) is 0. The van der Waals surface area contributed by atoms with Crippen molar-refractivity contribution in [2.24, 2.45) is 0 Å². The fourth-order valence-electron chi connectivity index (χ4n) is 2.22. The van der Waals surface area contributed by atoms with E-state index in [1.807, 2.05) is 6.07 Å². The maximum Gasteiger partial charge on any atom is 0.233 e. The van der Waals surface area contributed by atoms with E-state index in [2.05, 4.69) is 4.98 Å². The lowest BCUT2D eigenvalue weighted by Gasteiger charge is -2.13. The number of benzene rings is 1. The molecule has 1 aromatic carbocycles. The minimum Gasteiger partial charge on any atom is -0.480 e. The van der Waals surface area contributed by atoms with Gasteiger partial charge in [0.15, 0.2) is 0 Å². The van der Waals surface area contributed by atoms with Crippen molar-refractivity contribution in [3.8, 4) is 5.88 Å². The normalized spacial score (nSPS) is 11.4. The third-order valence-electron chi connectivity index (χ3n) is 3.10. The third kappa shape index (κ3) is 2.41. The summed E-state index contributed by atoms with van der Waals surface area (Å²) in [7, 11) is -2.22. The van der Waals surface area contributed by atoms with Gasteiger partial charge in [0.05, 0.1) is 12.0 Å². The van der Waals surface area contributed by atoms with Crippen LogP contribution >= 0.6 is 0 Å². The molecule has 1 aromatic heterocycles. The van der Waals surface area contributed by atoms with E-state index in [0.29, 0.717) is 11.1 Å². The molecular weight excluding hydrogens is 274 g/mol. The van der Waals surface area contributed by atoms with E-state index in [9.17, 15) is 8.42 Å². The smallest absolute Gasteiger partial charge is 0.233 e. The molecule has 106 valence electrons. The standard InChI is InChI=1S/C15H17NO3S/c1-10-7-5-6-8-13(10)20(17,18)14-11(2)9-12(3)16-15(14)19-4/h5-9H,1-4H3. The Balaban J connectivity index is 2.77. The van der Waals surface area contributed by atoms with Gasteiger partial charge in [0.1, 0.15) is 4.90 Å². The van der Waals surface area contributed by atoms with E-state index in [-0.39, 0.29) is 15.7 Å². The zero-order valence-corrected chi connectivity index (χ0v) is 12.8. The summed E-state index contributed by atoms with van der Waals surface area (Å²) in [5, 5.41) is 0. The van der Waals surface area contributed by atoms with Crippen LogP contribution in [0.15, 0.2) is 40.1 Å². The first-order chi connectivity index (χ1) is 9.37. The molecule has 0 N–H and O–H groups in total. The highest BCUT2D eigenvalue weighted by Gasteiger charge is 2.27. The fourth-order valence-corrected chi connectivity index (χ4v) is 4.04. The second-order valence-electron chi connectivity index (χ2n) is 4.69. The summed E-state index contributed by atoms with van der Waals surface area (Å²) in [6, 6.07) is 8.64. The SMILES string of the molecule is COc1nc(C)cc(C)c1S(=O)(=O)c1ccccc1C. The molecule has 0 saturated heterocycles. The van der Waals surface area contributed by atoms with Crippen LogP contribution in [0.25, 0.3) is 0 Å². The molecule has 0 bridgehead atoms. The number of rotatable bonds is 3. The summed E-state index contributed by atoms with van der Waals surface area (Å²) >= 11 is 0. The predicted octanol–water partition coefficient (Wildman–Crippen LogP) is 2.85. The highest BCUT2D eigenvalue weighted by Crippen LogP contribution is 2.32. The second kappa shape index (κ2) is 5.25. The summed E-state index contributed by atoms with van der Waals surface area (Å²) in [6.07, 6.45) is 0. The largest absolute Gasteiger partial charge is 0.480 e. The van der Waals surface area contributed by atoms with Crippen molar-refractivity contribution in [3.63, 3.8) is 0 Å². The summed E-state index contributed by atoms with van der Waals surface area (Å²) in [5.41, 5.74) is 2.07. The monoisotopic (exact) mass is 291 g/mol. The molecule has 2 aromatic rings. The van der Waals surface area contributed by atoms with Crippen molar-refractivity contribution in [1.82, 2.24) is 4.98 Å². The van der Waals surface area contributed by atoms with Crippen LogP contribution in [0.3, 0.4) is 0 Å². The molecular formula is C15H17NO3S. The van der Waals surface area contributed by atoms with Crippen molar-refractivity contribution in [3.05, 3.63) is 47.2 Å². The van der Waals surface area contributed by atoms with Crippen molar-refractivity contribution in [2.75, 3.05) is 7.11 Å². The average Bonchev–Trinajstić information content (AvgIpc) is 2.37. The summed E-state index contributed by atoms with van der Waals surface area (Å²) in [5.74, 6) is 0.144. The molecule has 1 heterocycles. The highest BCUT2D eigenvalue weighted by atomic mass is 32.2. The molecule has 0 spiro atoms. The first-order valence-electron chi connectivity index (χ1n) is 6.21. The number of methoxy groups -OCH3 is 1. The number of ether oxygens (including phenoxy) is 1. The molecule has 5 heteroatoms. The van der Waals surface area contributed by atoms with Crippen LogP contribution in [0.1, 0.15) is 16.8 Å². The molecule has 4 nitrogen and oxygen atoms in total. The summed E-state index contributed by atoms with van der Waals surface area (Å²) in [6.45, 7) is 5.33. The fraction of sp³-hybridized carbons (Fsp3) is 0.267. The van der Waals surface area contributed by atoms with Gasteiger partial charge in [-0.25, -0.2) is 13.4 Å². The number of aromatic nitrogens is 1. The molecule has 0 amide bonds. The van der Waals surface area contributed by atoms with Crippen LogP contribution < -0.4 is 4.74 Å². The van der Waals surface area contributed by atoms with E-state index in [1.165, 1.54) is 7.11 Å². The average molecular weight is 291 g/mol. The third-order valence-corrected chi connectivity index (χ3v) is 5.17. The molecule has 2 rings (SSSR count). The molecule has 0 fully saturated rings. The Bertz CT molecular complexity index is 752. The topological polar surface area (TPSA) is 56.3 Å². The first kappa shape index (κ1) is 14.5. The Kier molecular flexibility index (Phi) is 3.81. The van der Waals surface area contributed by atoms with Crippen molar-refractivity contribution >= 4 is 9.84 Å². The van der Waals surface area contributed by atoms with Gasteiger partial charge in [-0.3, -0.25) is 0 Å². The summed E-state index contributed by atoms with van der Waals surface area (Å²) < 4.78 is 30.9. The van der Waals surface area contributed by atoms with Crippen molar-refractivity contribution in [1.29, 1.82) is 0 Å². The van der Waals surface area contributed by atoms with E-state index in [0.717, 1.165) is 5.69 Å². The minimum absolute atomic E-state index is 0.139. The Hall–Kier alpha value is -1.88. The van der Waals surface area contributed by atoms with Gasteiger partial charge in [-0.2, -0.15) is 0 Å². The molecule has 0 aliphatic heterocycles. The Morgan fingerprint density at radius 2 is 1.70 bits per heavy atom. The van der Waals surface area contributed by atoms with Gasteiger partial charge in [-0.15, -0.1) is 0 Å². The van der Waals surface area contributed by atoms with Crippen LogP contribution in [0.5, 0.6) is 5.88 Å². The Morgan fingerprint density at radius 1 is 1.05 bits per heavy atom. The van der Waals surface area contributed by atoms with Gasteiger partial charge in [-0.05, 0) is 44.0 Å². The number of nitrogens with zero attached hydrogens (tertiary/aromatic N) is 1. The van der Waals surface area contributed by atoms with Crippen LogP contribution in [0.4, 0.5) is 0 Å². The lowest BCUT2D eigenvalue weighted by molar-refractivity contribution is 0.383. The van der Waals surface area contributed by atoms with Crippen LogP contribution in [-0.4, -0.2) is 20.5 Å². The van der Waals surface area contributed by atoms with Gasteiger partial charge >= 0.3 is 0 Å². The lowest BCUT2D eigenvalue weighted by Crippen LogP contribution is -2.09. The highest BCUT2D eigenvalue weighted by molar-refractivity contribution is 7.91. The zero-order valence-electron chi connectivity index (χ0n) is 12.0. The molecule has 0 radical (unpaired) electrons. The van der Waals surface area contributed by atoms with Crippen LogP contribution in [0, 0.1) is 20.8 Å². The molecule has 20 heavy (non-hydrogen) atoms. The van der Waals surface area contributed by atoms with E-state index < -0.39 is 9.84 Å². The van der Waals surface area contributed by atoms with Gasteiger partial charge < -0.3 is 4.74 Å². The Morgan fingerprint density at radius 3 is 2.30 bits per heavy atom. The van der Waals surface area contributed by atoms with E-state index >= 15 is 0 Å². The molecule has 0 unspecified atom stereocenters. The number of aryl methyl sites for hydroxylation is 3. The molecule has 0 atom stereocenters. The van der Waals surface area contributed by atoms with Gasteiger partial charge in [0.2, 0.25) is 15.7 Å². The van der Waals surface area contributed by atoms with Gasteiger partial charge in [-0.1, -0.05) is 18.2 Å².